The van der Waals surface area contributed by atoms with Gasteiger partial charge in [0.1, 0.15) is 5.82 Å². The van der Waals surface area contributed by atoms with Gasteiger partial charge >= 0.3 is 0 Å². The third kappa shape index (κ3) is 4.35. The van der Waals surface area contributed by atoms with Gasteiger partial charge in [-0.05, 0) is 36.5 Å². The van der Waals surface area contributed by atoms with Gasteiger partial charge in [0, 0.05) is 50.4 Å². The summed E-state index contributed by atoms with van der Waals surface area (Å²) in [4.78, 5) is 32.6. The molecule has 0 bridgehead atoms. The first-order valence-corrected chi connectivity index (χ1v) is 10.5. The fourth-order valence-electron chi connectivity index (χ4n) is 3.84. The van der Waals surface area contributed by atoms with Crippen molar-refractivity contribution < 1.29 is 9.18 Å². The molecule has 160 valence electrons. The van der Waals surface area contributed by atoms with Gasteiger partial charge in [0.15, 0.2) is 4.77 Å². The van der Waals surface area contributed by atoms with Gasteiger partial charge in [-0.1, -0.05) is 24.3 Å². The Bertz CT molecular complexity index is 1260. The maximum Gasteiger partial charge on any atom is 0.262 e. The summed E-state index contributed by atoms with van der Waals surface area (Å²) in [5.74, 6) is -0.302. The molecule has 4 rings (SSSR count). The van der Waals surface area contributed by atoms with Crippen LogP contribution in [0.3, 0.4) is 0 Å². The lowest BCUT2D eigenvalue weighted by Crippen LogP contribution is -2.48. The molecule has 1 aromatic heterocycles. The van der Waals surface area contributed by atoms with Crippen LogP contribution in [0.2, 0.25) is 0 Å². The van der Waals surface area contributed by atoms with Crippen LogP contribution in [0.4, 0.5) is 4.39 Å². The number of carbonyl (C=O) groups is 1. The van der Waals surface area contributed by atoms with E-state index in [9.17, 15) is 14.0 Å². The summed E-state index contributed by atoms with van der Waals surface area (Å²) in [5.41, 5.74) is 1.49. The van der Waals surface area contributed by atoms with E-state index in [0.29, 0.717) is 66.1 Å². The molecule has 0 saturated carbocycles. The molecule has 6 nitrogen and oxygen atoms in total. The van der Waals surface area contributed by atoms with Crippen molar-refractivity contribution in [1.82, 2.24) is 19.4 Å². The number of nitrogens with one attached hydrogen (secondary N) is 1. The summed E-state index contributed by atoms with van der Waals surface area (Å²) in [6.07, 6.45) is 1.61. The number of benzene rings is 2. The minimum atomic E-state index is -0.209. The van der Waals surface area contributed by atoms with Crippen LogP contribution >= 0.6 is 12.2 Å². The second-order valence-electron chi connectivity index (χ2n) is 7.55. The Morgan fingerprint density at radius 2 is 1.90 bits per heavy atom. The summed E-state index contributed by atoms with van der Waals surface area (Å²) in [6, 6.07) is 11.8. The average molecular weight is 439 g/mol. The lowest BCUT2D eigenvalue weighted by atomic mass is 10.1. The van der Waals surface area contributed by atoms with Gasteiger partial charge in [0.2, 0.25) is 0 Å². The van der Waals surface area contributed by atoms with Crippen molar-refractivity contribution in [3.05, 3.63) is 87.2 Å². The highest BCUT2D eigenvalue weighted by Gasteiger charge is 2.23. The topological polar surface area (TPSA) is 61.3 Å². The number of aromatic nitrogens is 2. The van der Waals surface area contributed by atoms with E-state index in [1.54, 1.807) is 41.3 Å². The van der Waals surface area contributed by atoms with Crippen LogP contribution in [0.15, 0.2) is 59.9 Å². The molecule has 1 N–H and O–H groups in total. The lowest BCUT2D eigenvalue weighted by molar-refractivity contribution is 0.0627. The van der Waals surface area contributed by atoms with Crippen LogP contribution in [-0.2, 0) is 13.1 Å². The number of rotatable bonds is 5. The summed E-state index contributed by atoms with van der Waals surface area (Å²) < 4.78 is 15.6. The van der Waals surface area contributed by atoms with Crippen molar-refractivity contribution in [2.75, 3.05) is 26.2 Å². The Hall–Kier alpha value is -3.10. The molecule has 0 aliphatic carbocycles. The number of aromatic amines is 1. The molecule has 0 atom stereocenters. The van der Waals surface area contributed by atoms with Crippen molar-refractivity contribution in [1.29, 1.82) is 0 Å². The van der Waals surface area contributed by atoms with E-state index in [0.717, 1.165) is 0 Å². The van der Waals surface area contributed by atoms with Crippen molar-refractivity contribution in [3.8, 4) is 0 Å². The number of allylic oxidation sites excluding steroid dienone is 1. The predicted molar refractivity (Wildman–Crippen MR) is 121 cm³/mol. The lowest BCUT2D eigenvalue weighted by Gasteiger charge is -2.34. The first-order valence-electron chi connectivity index (χ1n) is 10.1. The Kier molecular flexibility index (Phi) is 6.11. The smallest absolute Gasteiger partial charge is 0.262 e. The summed E-state index contributed by atoms with van der Waals surface area (Å²) in [6.45, 7) is 6.95. The number of nitrogens with zero attached hydrogens (tertiary/aromatic N) is 3. The molecular weight excluding hydrogens is 415 g/mol. The second kappa shape index (κ2) is 8.95. The normalized spacial score (nSPS) is 14.7. The van der Waals surface area contributed by atoms with E-state index in [1.165, 1.54) is 10.6 Å². The molecule has 0 radical (unpaired) electrons. The number of halogens is 1. The third-order valence-corrected chi connectivity index (χ3v) is 5.87. The van der Waals surface area contributed by atoms with Crippen molar-refractivity contribution in [2.45, 2.75) is 13.1 Å². The van der Waals surface area contributed by atoms with Gasteiger partial charge in [0.05, 0.1) is 10.9 Å². The molecular formula is C23H23FN4O2S. The number of H-pyrrole nitrogens is 1. The number of hydrogen-bond donors (Lipinski definition) is 1. The van der Waals surface area contributed by atoms with E-state index in [4.69, 9.17) is 12.2 Å². The number of fused-ring (bicyclic) bond motifs is 1. The van der Waals surface area contributed by atoms with Gasteiger partial charge in [-0.3, -0.25) is 19.1 Å². The number of hydrogen-bond acceptors (Lipinski definition) is 4. The molecule has 0 unspecified atom stereocenters. The number of piperazine rings is 1. The Morgan fingerprint density at radius 3 is 2.61 bits per heavy atom. The monoisotopic (exact) mass is 438 g/mol. The van der Waals surface area contributed by atoms with Gasteiger partial charge in [-0.2, -0.15) is 0 Å². The van der Waals surface area contributed by atoms with E-state index in [1.807, 2.05) is 6.07 Å². The molecule has 2 heterocycles. The second-order valence-corrected chi connectivity index (χ2v) is 7.94. The van der Waals surface area contributed by atoms with Gasteiger partial charge in [-0.15, -0.1) is 6.58 Å². The molecule has 1 aliphatic heterocycles. The van der Waals surface area contributed by atoms with E-state index >= 15 is 0 Å². The minimum absolute atomic E-state index is 0.0953. The first kappa shape index (κ1) is 21.1. The van der Waals surface area contributed by atoms with Crippen LogP contribution in [0.1, 0.15) is 15.9 Å². The van der Waals surface area contributed by atoms with Crippen molar-refractivity contribution >= 4 is 29.0 Å². The highest BCUT2D eigenvalue weighted by atomic mass is 32.1. The summed E-state index contributed by atoms with van der Waals surface area (Å²) >= 11 is 5.27. The number of carbonyl (C=O) groups excluding carboxylic acids is 1. The van der Waals surface area contributed by atoms with Gasteiger partial charge < -0.3 is 9.88 Å². The predicted octanol–water partition coefficient (Wildman–Crippen LogP) is 3.34. The van der Waals surface area contributed by atoms with Crippen LogP contribution in [-0.4, -0.2) is 51.4 Å². The highest BCUT2D eigenvalue weighted by molar-refractivity contribution is 7.71. The molecule has 8 heteroatoms. The van der Waals surface area contributed by atoms with Crippen LogP contribution in [0.25, 0.3) is 10.9 Å². The standard InChI is InChI=1S/C23H23FN4O2S/c1-2-9-28-22(30)18-8-7-16(14-20(18)25-23(28)31)21(29)27-12-10-26(11-13-27)15-17-5-3-4-6-19(17)24/h2-8,14H,1,9-13,15H2,(H,25,31). The molecule has 2 aromatic carbocycles. The zero-order valence-electron chi connectivity index (χ0n) is 17.0. The average Bonchev–Trinajstić information content (AvgIpc) is 2.78. The van der Waals surface area contributed by atoms with Crippen LogP contribution in [0, 0.1) is 10.6 Å². The molecule has 1 aliphatic rings. The Balaban J connectivity index is 1.48. The van der Waals surface area contributed by atoms with Crippen molar-refractivity contribution in [3.63, 3.8) is 0 Å². The van der Waals surface area contributed by atoms with E-state index in [-0.39, 0.29) is 17.3 Å². The minimum Gasteiger partial charge on any atom is -0.336 e. The fraction of sp³-hybridized carbons (Fsp3) is 0.261. The summed E-state index contributed by atoms with van der Waals surface area (Å²) in [5, 5.41) is 0.474. The van der Waals surface area contributed by atoms with E-state index in [2.05, 4.69) is 16.5 Å². The Labute approximate surface area is 184 Å². The Morgan fingerprint density at radius 1 is 1.16 bits per heavy atom. The largest absolute Gasteiger partial charge is 0.336 e. The summed E-state index contributed by atoms with van der Waals surface area (Å²) in [7, 11) is 0. The quantitative estimate of drug-likeness (QED) is 0.490. The van der Waals surface area contributed by atoms with Gasteiger partial charge in [-0.25, -0.2) is 4.39 Å². The zero-order valence-corrected chi connectivity index (χ0v) is 17.8. The maximum atomic E-state index is 13.9. The number of amides is 1. The molecule has 31 heavy (non-hydrogen) atoms. The molecule has 0 spiro atoms. The third-order valence-electron chi connectivity index (χ3n) is 5.55. The van der Waals surface area contributed by atoms with E-state index < -0.39 is 0 Å². The van der Waals surface area contributed by atoms with Gasteiger partial charge in [0.25, 0.3) is 11.5 Å². The fourth-order valence-corrected chi connectivity index (χ4v) is 4.11. The maximum absolute atomic E-state index is 13.9. The van der Waals surface area contributed by atoms with Crippen LogP contribution in [0.5, 0.6) is 0 Å². The molecule has 3 aromatic rings. The SMILES string of the molecule is C=CCn1c(=S)[nH]c2cc(C(=O)N3CCN(Cc4ccccc4F)CC3)ccc2c1=O. The zero-order chi connectivity index (χ0) is 22.0. The molecule has 1 saturated heterocycles. The molecule has 1 fully saturated rings. The highest BCUT2D eigenvalue weighted by Crippen LogP contribution is 2.16. The first-order chi connectivity index (χ1) is 15.0. The van der Waals surface area contributed by atoms with Crippen LogP contribution < -0.4 is 5.56 Å². The van der Waals surface area contributed by atoms with Crippen molar-refractivity contribution in [2.24, 2.45) is 0 Å². The molecule has 1 amide bonds.